The highest BCUT2D eigenvalue weighted by Crippen LogP contribution is 2.23. The molecule has 3 rings (SSSR count). The molecule has 1 unspecified atom stereocenters. The summed E-state index contributed by atoms with van der Waals surface area (Å²) in [5.41, 5.74) is 8.00. The number of imidazole rings is 1. The number of aromatic nitrogens is 4. The van der Waals surface area contributed by atoms with Crippen molar-refractivity contribution in [3.05, 3.63) is 42.7 Å². The normalized spacial score (nSPS) is 12.9. The van der Waals surface area contributed by atoms with Crippen LogP contribution in [0.25, 0.3) is 11.0 Å². The van der Waals surface area contributed by atoms with Gasteiger partial charge in [-0.25, -0.2) is 4.98 Å². The molecule has 0 aliphatic rings. The molecular formula is C13H15N5. The Morgan fingerprint density at radius 2 is 2.11 bits per heavy atom. The van der Waals surface area contributed by atoms with Gasteiger partial charge in [0.2, 0.25) is 5.95 Å². The molecule has 0 saturated heterocycles. The molecule has 1 aromatic carbocycles. The van der Waals surface area contributed by atoms with Crippen LogP contribution in [-0.2, 0) is 6.54 Å². The first kappa shape index (κ1) is 10.8. The summed E-state index contributed by atoms with van der Waals surface area (Å²) in [5, 5.41) is 4.22. The van der Waals surface area contributed by atoms with E-state index in [1.54, 1.807) is 6.20 Å². The molecule has 2 heterocycles. The number of benzene rings is 1. The number of hydrogen-bond donors (Lipinski definition) is 1. The van der Waals surface area contributed by atoms with Crippen molar-refractivity contribution in [1.82, 2.24) is 19.3 Å². The van der Waals surface area contributed by atoms with Gasteiger partial charge in [-0.2, -0.15) is 5.10 Å². The fraction of sp³-hybridized carbons (Fsp3) is 0.231. The standard InChI is InChI=1S/C13H15N5/c1-10(9-17-8-4-7-15-17)18-12-6-3-2-5-11(12)16-13(18)14/h2-8,10H,9H2,1H3,(H2,14,16). The highest BCUT2D eigenvalue weighted by Gasteiger charge is 2.13. The second-order valence-electron chi connectivity index (χ2n) is 4.41. The lowest BCUT2D eigenvalue weighted by atomic mass is 10.2. The van der Waals surface area contributed by atoms with Crippen LogP contribution in [0.3, 0.4) is 0 Å². The fourth-order valence-electron chi connectivity index (χ4n) is 2.29. The number of para-hydroxylation sites is 2. The topological polar surface area (TPSA) is 61.7 Å². The van der Waals surface area contributed by atoms with E-state index in [-0.39, 0.29) is 6.04 Å². The Kier molecular flexibility index (Phi) is 2.51. The summed E-state index contributed by atoms with van der Waals surface area (Å²) in [4.78, 5) is 4.37. The molecule has 0 fully saturated rings. The van der Waals surface area contributed by atoms with Gasteiger partial charge in [0.25, 0.3) is 0 Å². The van der Waals surface area contributed by atoms with E-state index in [9.17, 15) is 0 Å². The zero-order chi connectivity index (χ0) is 12.5. The van der Waals surface area contributed by atoms with Crippen LogP contribution >= 0.6 is 0 Å². The lowest BCUT2D eigenvalue weighted by Gasteiger charge is -2.16. The van der Waals surface area contributed by atoms with Gasteiger partial charge < -0.3 is 10.3 Å². The molecule has 3 aromatic rings. The van der Waals surface area contributed by atoms with Crippen LogP contribution in [-0.4, -0.2) is 19.3 Å². The van der Waals surface area contributed by atoms with Crippen molar-refractivity contribution in [1.29, 1.82) is 0 Å². The maximum Gasteiger partial charge on any atom is 0.201 e. The minimum atomic E-state index is 0.206. The smallest absolute Gasteiger partial charge is 0.201 e. The molecule has 0 aliphatic carbocycles. The molecule has 5 nitrogen and oxygen atoms in total. The molecule has 2 aromatic heterocycles. The summed E-state index contributed by atoms with van der Waals surface area (Å²) in [6, 6.07) is 10.1. The second-order valence-corrected chi connectivity index (χ2v) is 4.41. The number of nitrogens with zero attached hydrogens (tertiary/aromatic N) is 4. The average molecular weight is 241 g/mol. The summed E-state index contributed by atoms with van der Waals surface area (Å²) >= 11 is 0. The van der Waals surface area contributed by atoms with Crippen LogP contribution in [0.5, 0.6) is 0 Å². The van der Waals surface area contributed by atoms with Crippen LogP contribution in [0.4, 0.5) is 5.95 Å². The van der Waals surface area contributed by atoms with Crippen LogP contribution in [0.2, 0.25) is 0 Å². The molecule has 0 saturated carbocycles. The van der Waals surface area contributed by atoms with Crippen molar-refractivity contribution in [3.8, 4) is 0 Å². The summed E-state index contributed by atoms with van der Waals surface area (Å²) < 4.78 is 3.95. The highest BCUT2D eigenvalue weighted by molar-refractivity contribution is 5.78. The molecule has 5 heteroatoms. The predicted octanol–water partition coefficient (Wildman–Crippen LogP) is 2.08. The van der Waals surface area contributed by atoms with Gasteiger partial charge in [-0.3, -0.25) is 4.68 Å². The number of nitrogens with two attached hydrogens (primary N) is 1. The van der Waals surface area contributed by atoms with E-state index in [0.717, 1.165) is 17.6 Å². The first-order valence-corrected chi connectivity index (χ1v) is 5.95. The second kappa shape index (κ2) is 4.18. The molecule has 0 aliphatic heterocycles. The van der Waals surface area contributed by atoms with Gasteiger partial charge in [-0.15, -0.1) is 0 Å². The third-order valence-electron chi connectivity index (χ3n) is 3.07. The van der Waals surface area contributed by atoms with E-state index in [0.29, 0.717) is 5.95 Å². The van der Waals surface area contributed by atoms with Gasteiger partial charge in [0, 0.05) is 12.4 Å². The number of rotatable bonds is 3. The molecule has 1 atom stereocenters. The van der Waals surface area contributed by atoms with E-state index < -0.39 is 0 Å². The molecule has 0 bridgehead atoms. The van der Waals surface area contributed by atoms with E-state index >= 15 is 0 Å². The summed E-state index contributed by atoms with van der Waals surface area (Å²) in [6.07, 6.45) is 3.73. The summed E-state index contributed by atoms with van der Waals surface area (Å²) in [6.45, 7) is 2.89. The number of nitrogen functional groups attached to an aromatic ring is 1. The van der Waals surface area contributed by atoms with Crippen molar-refractivity contribution in [3.63, 3.8) is 0 Å². The minimum absolute atomic E-state index is 0.206. The largest absolute Gasteiger partial charge is 0.369 e. The Labute approximate surface area is 105 Å². The molecule has 0 spiro atoms. The Balaban J connectivity index is 2.00. The summed E-state index contributed by atoms with van der Waals surface area (Å²) in [7, 11) is 0. The van der Waals surface area contributed by atoms with Gasteiger partial charge in [-0.1, -0.05) is 12.1 Å². The Morgan fingerprint density at radius 3 is 2.89 bits per heavy atom. The number of anilines is 1. The average Bonchev–Trinajstić information content (AvgIpc) is 2.94. The highest BCUT2D eigenvalue weighted by atomic mass is 15.3. The Hall–Kier alpha value is -2.30. The SMILES string of the molecule is CC(Cn1cccn1)n1c(N)nc2ccccc21. The minimum Gasteiger partial charge on any atom is -0.369 e. The molecule has 92 valence electrons. The molecule has 0 radical (unpaired) electrons. The molecule has 2 N–H and O–H groups in total. The van der Waals surface area contributed by atoms with E-state index in [1.165, 1.54) is 0 Å². The first-order chi connectivity index (χ1) is 8.75. The summed E-state index contributed by atoms with van der Waals surface area (Å²) in [5.74, 6) is 0.552. The van der Waals surface area contributed by atoms with Gasteiger partial charge in [0.15, 0.2) is 0 Å². The van der Waals surface area contributed by atoms with E-state index in [2.05, 4.69) is 21.6 Å². The van der Waals surface area contributed by atoms with E-state index in [1.807, 2.05) is 41.2 Å². The zero-order valence-electron chi connectivity index (χ0n) is 10.2. The quantitative estimate of drug-likeness (QED) is 0.763. The monoisotopic (exact) mass is 241 g/mol. The van der Waals surface area contributed by atoms with Crippen LogP contribution < -0.4 is 5.73 Å². The van der Waals surface area contributed by atoms with Crippen LogP contribution in [0.1, 0.15) is 13.0 Å². The molecule has 0 amide bonds. The Bertz CT molecular complexity index is 653. The zero-order valence-corrected chi connectivity index (χ0v) is 10.2. The molecule has 18 heavy (non-hydrogen) atoms. The van der Waals surface area contributed by atoms with Gasteiger partial charge in [0.05, 0.1) is 23.6 Å². The third kappa shape index (κ3) is 1.73. The molecular weight excluding hydrogens is 226 g/mol. The lowest BCUT2D eigenvalue weighted by molar-refractivity contribution is 0.450. The third-order valence-corrected chi connectivity index (χ3v) is 3.07. The van der Waals surface area contributed by atoms with Crippen LogP contribution in [0.15, 0.2) is 42.7 Å². The van der Waals surface area contributed by atoms with Gasteiger partial charge in [-0.05, 0) is 25.1 Å². The van der Waals surface area contributed by atoms with Crippen molar-refractivity contribution in [2.75, 3.05) is 5.73 Å². The fourth-order valence-corrected chi connectivity index (χ4v) is 2.29. The van der Waals surface area contributed by atoms with Gasteiger partial charge >= 0.3 is 0 Å². The maximum atomic E-state index is 6.01. The van der Waals surface area contributed by atoms with Crippen molar-refractivity contribution in [2.45, 2.75) is 19.5 Å². The Morgan fingerprint density at radius 1 is 1.28 bits per heavy atom. The maximum absolute atomic E-state index is 6.01. The number of hydrogen-bond acceptors (Lipinski definition) is 3. The van der Waals surface area contributed by atoms with Crippen molar-refractivity contribution in [2.24, 2.45) is 0 Å². The van der Waals surface area contributed by atoms with E-state index in [4.69, 9.17) is 5.73 Å². The van der Waals surface area contributed by atoms with Crippen LogP contribution in [0, 0.1) is 0 Å². The first-order valence-electron chi connectivity index (χ1n) is 5.95. The van der Waals surface area contributed by atoms with Crippen molar-refractivity contribution >= 4 is 17.0 Å². The lowest BCUT2D eigenvalue weighted by Crippen LogP contribution is -2.15. The predicted molar refractivity (Wildman–Crippen MR) is 71.1 cm³/mol. The van der Waals surface area contributed by atoms with Crippen molar-refractivity contribution < 1.29 is 0 Å². The van der Waals surface area contributed by atoms with Gasteiger partial charge in [0.1, 0.15) is 0 Å². The number of fused-ring (bicyclic) bond motifs is 1.